The second-order valence-electron chi connectivity index (χ2n) is 15.8. The van der Waals surface area contributed by atoms with Crippen molar-refractivity contribution in [3.63, 3.8) is 0 Å². The van der Waals surface area contributed by atoms with Crippen LogP contribution in [0.25, 0.3) is 10.4 Å². The fourth-order valence-electron chi connectivity index (χ4n) is 8.13. The number of aliphatic hydroxyl groups excluding tert-OH is 1. The van der Waals surface area contributed by atoms with E-state index < -0.39 is 73.2 Å². The van der Waals surface area contributed by atoms with Gasteiger partial charge in [-0.25, -0.2) is 0 Å². The molecule has 0 aromatic heterocycles. The minimum Gasteiger partial charge on any atom is -0.374 e. The van der Waals surface area contributed by atoms with E-state index >= 15 is 0 Å². The first-order valence-electron chi connectivity index (χ1n) is 19.8. The van der Waals surface area contributed by atoms with Crippen LogP contribution in [0, 0.1) is 11.8 Å². The van der Waals surface area contributed by atoms with E-state index in [2.05, 4.69) is 10.0 Å². The SMILES string of the molecule is CC1C(OCc2ccccc2)[C@H](OCc2ccccc2)CO[C@H]1O[C@H]1C(C)O[C@@H](OC2C(O)OC(COCc3ccccc3)[C@H](N=[N+]=[N-])C2C)C2OC(C)(C)OC21. The number of ether oxygens (including phenoxy) is 10. The van der Waals surface area contributed by atoms with Gasteiger partial charge in [0.15, 0.2) is 24.7 Å². The zero-order chi connectivity index (χ0) is 39.9. The molecule has 0 radical (unpaired) electrons. The predicted molar refractivity (Wildman–Crippen MR) is 206 cm³/mol. The van der Waals surface area contributed by atoms with Crippen LogP contribution in [-0.4, -0.2) is 97.9 Å². The van der Waals surface area contributed by atoms with E-state index in [-0.39, 0.29) is 31.3 Å². The summed E-state index contributed by atoms with van der Waals surface area (Å²) in [6.07, 6.45) is -7.85. The zero-order valence-corrected chi connectivity index (χ0v) is 33.2. The molecule has 308 valence electrons. The van der Waals surface area contributed by atoms with E-state index in [1.165, 1.54) is 0 Å². The molecule has 14 nitrogen and oxygen atoms in total. The van der Waals surface area contributed by atoms with E-state index in [4.69, 9.17) is 47.4 Å². The van der Waals surface area contributed by atoms with Crippen molar-refractivity contribution in [2.24, 2.45) is 17.0 Å². The number of aliphatic hydroxyl groups is 1. The van der Waals surface area contributed by atoms with E-state index in [0.717, 1.165) is 16.7 Å². The molecule has 4 aliphatic rings. The van der Waals surface area contributed by atoms with E-state index in [9.17, 15) is 10.6 Å². The quantitative estimate of drug-likeness (QED) is 0.103. The van der Waals surface area contributed by atoms with Crippen LogP contribution >= 0.6 is 0 Å². The monoisotopic (exact) mass is 789 g/mol. The zero-order valence-electron chi connectivity index (χ0n) is 33.2. The van der Waals surface area contributed by atoms with Crippen LogP contribution < -0.4 is 0 Å². The normalized spacial score (nSPS) is 36.2. The summed E-state index contributed by atoms with van der Waals surface area (Å²) in [4.78, 5) is 3.08. The van der Waals surface area contributed by atoms with Crippen LogP contribution in [0.2, 0.25) is 0 Å². The molecule has 9 unspecified atom stereocenters. The molecule has 0 saturated carbocycles. The van der Waals surface area contributed by atoms with Gasteiger partial charge >= 0.3 is 0 Å². The van der Waals surface area contributed by atoms with E-state index in [1.807, 2.05) is 126 Å². The third-order valence-electron chi connectivity index (χ3n) is 11.1. The number of hydrogen-bond acceptors (Lipinski definition) is 12. The van der Waals surface area contributed by atoms with Gasteiger partial charge in [0, 0.05) is 10.8 Å². The molecule has 14 atom stereocenters. The molecule has 0 bridgehead atoms. The Balaban J connectivity index is 1.02. The molecule has 1 N–H and O–H groups in total. The van der Waals surface area contributed by atoms with Gasteiger partial charge < -0.3 is 52.5 Å². The van der Waals surface area contributed by atoms with Gasteiger partial charge in [0.1, 0.15) is 30.5 Å². The van der Waals surface area contributed by atoms with Crippen molar-refractivity contribution in [1.82, 2.24) is 0 Å². The third kappa shape index (κ3) is 10.2. The highest BCUT2D eigenvalue weighted by atomic mass is 16.8. The number of hydrogen-bond donors (Lipinski definition) is 1. The second kappa shape index (κ2) is 19.1. The average Bonchev–Trinajstić information content (AvgIpc) is 3.55. The standard InChI is InChI=1S/C43H55N3O11/c1-26-34(45-46-44)32(24-48-21-29-15-9-6-10-16-29)53-40(47)36(26)54-42-39-38(56-43(4,5)57-39)37(28(3)52-42)55-41-27(2)35(50-23-31-19-13-8-14-20-31)33(25-51-41)49-22-30-17-11-7-12-18-30/h6-20,26-28,32-42,47H,21-25H2,1-5H3/t26?,27?,28?,32?,33-,34-,35?,36?,37+,38?,39?,40?,41+,42+/m1/s1. The second-order valence-corrected chi connectivity index (χ2v) is 15.8. The van der Waals surface area contributed by atoms with Gasteiger partial charge in [-0.1, -0.05) is 110 Å². The molecule has 4 aliphatic heterocycles. The molecule has 3 aromatic rings. The minimum absolute atomic E-state index is 0.109. The average molecular weight is 790 g/mol. The van der Waals surface area contributed by atoms with Crippen molar-refractivity contribution < 1.29 is 52.5 Å². The summed E-state index contributed by atoms with van der Waals surface area (Å²) in [6.45, 7) is 11.0. The van der Waals surface area contributed by atoms with Crippen LogP contribution in [0.4, 0.5) is 0 Å². The van der Waals surface area contributed by atoms with Crippen LogP contribution in [0.3, 0.4) is 0 Å². The summed E-state index contributed by atoms with van der Waals surface area (Å²) in [7, 11) is 0. The molecule has 0 aliphatic carbocycles. The molecule has 0 spiro atoms. The van der Waals surface area contributed by atoms with E-state index in [0.29, 0.717) is 19.8 Å². The van der Waals surface area contributed by atoms with Crippen molar-refractivity contribution >= 4 is 0 Å². The molecular formula is C43H55N3O11. The maximum Gasteiger partial charge on any atom is 0.187 e. The Kier molecular flexibility index (Phi) is 13.9. The highest BCUT2D eigenvalue weighted by Gasteiger charge is 2.58. The van der Waals surface area contributed by atoms with Gasteiger partial charge in [0.25, 0.3) is 0 Å². The molecule has 7 rings (SSSR count). The first-order chi connectivity index (χ1) is 27.6. The Morgan fingerprint density at radius 2 is 1.30 bits per heavy atom. The van der Waals surface area contributed by atoms with E-state index in [1.54, 1.807) is 0 Å². The van der Waals surface area contributed by atoms with Crippen LogP contribution in [-0.2, 0) is 67.2 Å². The van der Waals surface area contributed by atoms with Crippen LogP contribution in [0.1, 0.15) is 51.3 Å². The smallest absolute Gasteiger partial charge is 0.187 e. The Labute approximate surface area is 334 Å². The summed E-state index contributed by atoms with van der Waals surface area (Å²) in [5.74, 6) is -1.71. The van der Waals surface area contributed by atoms with Gasteiger partial charge in [0.2, 0.25) is 0 Å². The Hall–Kier alpha value is -3.47. The summed E-state index contributed by atoms with van der Waals surface area (Å²) < 4.78 is 64.0. The predicted octanol–water partition coefficient (Wildman–Crippen LogP) is 6.43. The third-order valence-corrected chi connectivity index (χ3v) is 11.1. The fraction of sp³-hybridized carbons (Fsp3) is 0.581. The summed E-state index contributed by atoms with van der Waals surface area (Å²) in [5, 5.41) is 15.3. The minimum atomic E-state index is -1.36. The maximum absolute atomic E-state index is 11.3. The summed E-state index contributed by atoms with van der Waals surface area (Å²) >= 11 is 0. The first kappa shape index (κ1) is 41.7. The lowest BCUT2D eigenvalue weighted by Crippen LogP contribution is -2.62. The largest absolute Gasteiger partial charge is 0.374 e. The molecular weight excluding hydrogens is 734 g/mol. The molecule has 4 heterocycles. The van der Waals surface area contributed by atoms with Gasteiger partial charge in [-0.05, 0) is 48.9 Å². The van der Waals surface area contributed by atoms with Crippen molar-refractivity contribution in [3.05, 3.63) is 118 Å². The van der Waals surface area contributed by atoms with Crippen LogP contribution in [0.5, 0.6) is 0 Å². The molecule has 4 fully saturated rings. The lowest BCUT2D eigenvalue weighted by Gasteiger charge is -2.47. The lowest BCUT2D eigenvalue weighted by atomic mass is 9.88. The van der Waals surface area contributed by atoms with Crippen LogP contribution in [0.15, 0.2) is 96.1 Å². The van der Waals surface area contributed by atoms with Crippen molar-refractivity contribution in [1.29, 1.82) is 0 Å². The molecule has 3 aromatic carbocycles. The molecule has 14 heteroatoms. The van der Waals surface area contributed by atoms with Crippen molar-refractivity contribution in [3.8, 4) is 0 Å². The first-order valence-corrected chi connectivity index (χ1v) is 19.8. The number of azide groups is 1. The van der Waals surface area contributed by atoms with Gasteiger partial charge in [-0.15, -0.1) is 0 Å². The highest BCUT2D eigenvalue weighted by molar-refractivity contribution is 5.15. The number of benzene rings is 3. The number of nitrogens with zero attached hydrogens (tertiary/aromatic N) is 3. The Morgan fingerprint density at radius 3 is 1.93 bits per heavy atom. The van der Waals surface area contributed by atoms with Crippen molar-refractivity contribution in [2.45, 2.75) is 134 Å². The molecule has 0 amide bonds. The van der Waals surface area contributed by atoms with Gasteiger partial charge in [0.05, 0.1) is 57.4 Å². The molecule has 4 saturated heterocycles. The maximum atomic E-state index is 11.3. The summed E-state index contributed by atoms with van der Waals surface area (Å²) in [5.41, 5.74) is 12.6. The topological polar surface area (TPSA) is 161 Å². The van der Waals surface area contributed by atoms with Crippen molar-refractivity contribution in [2.75, 3.05) is 13.2 Å². The Bertz CT molecular complexity index is 1740. The Morgan fingerprint density at radius 1 is 0.719 bits per heavy atom. The fourth-order valence-corrected chi connectivity index (χ4v) is 8.13. The highest BCUT2D eigenvalue weighted by Crippen LogP contribution is 2.42. The lowest BCUT2D eigenvalue weighted by molar-refractivity contribution is -0.352. The van der Waals surface area contributed by atoms with Gasteiger partial charge in [-0.3, -0.25) is 0 Å². The number of rotatable bonds is 15. The molecule has 57 heavy (non-hydrogen) atoms. The number of fused-ring (bicyclic) bond motifs is 1. The summed E-state index contributed by atoms with van der Waals surface area (Å²) in [6, 6.07) is 29.1. The van der Waals surface area contributed by atoms with Gasteiger partial charge in [-0.2, -0.15) is 0 Å².